The number of hydrogen-bond acceptors (Lipinski definition) is 1. The van der Waals surface area contributed by atoms with Crippen molar-refractivity contribution in [3.8, 4) is 0 Å². The van der Waals surface area contributed by atoms with E-state index in [1.807, 2.05) is 0 Å². The third-order valence-corrected chi connectivity index (χ3v) is 3.03. The Labute approximate surface area is 89.0 Å². The molecule has 1 aliphatic carbocycles. The van der Waals surface area contributed by atoms with E-state index in [9.17, 15) is 0 Å². The lowest BCUT2D eigenvalue weighted by molar-refractivity contribution is 0.451. The zero-order valence-corrected chi connectivity index (χ0v) is 9.81. The van der Waals surface area contributed by atoms with E-state index in [2.05, 4.69) is 25.7 Å². The summed E-state index contributed by atoms with van der Waals surface area (Å²) < 4.78 is 0. The molecule has 0 saturated heterocycles. The first kappa shape index (κ1) is 11.8. The van der Waals surface area contributed by atoms with E-state index in [0.717, 1.165) is 18.9 Å². The first-order chi connectivity index (χ1) is 6.76. The minimum atomic E-state index is 0.704. The molecule has 0 aromatic heterocycles. The molecule has 1 unspecified atom stereocenters. The van der Waals surface area contributed by atoms with E-state index in [4.69, 9.17) is 0 Å². The second-order valence-corrected chi connectivity index (χ2v) is 4.64. The Bertz CT molecular complexity index is 170. The van der Waals surface area contributed by atoms with Crippen molar-refractivity contribution in [2.45, 2.75) is 58.4 Å². The van der Waals surface area contributed by atoms with E-state index in [-0.39, 0.29) is 0 Å². The fourth-order valence-electron chi connectivity index (χ4n) is 1.84. The van der Waals surface area contributed by atoms with Gasteiger partial charge < -0.3 is 5.32 Å². The molecule has 0 amide bonds. The Morgan fingerprint density at radius 1 is 1.43 bits per heavy atom. The van der Waals surface area contributed by atoms with Crippen LogP contribution in [-0.4, -0.2) is 12.6 Å². The van der Waals surface area contributed by atoms with Gasteiger partial charge in [-0.15, -0.1) is 0 Å². The molecule has 0 radical (unpaired) electrons. The number of rotatable bonds is 8. The van der Waals surface area contributed by atoms with Gasteiger partial charge in [-0.2, -0.15) is 0 Å². The molecule has 14 heavy (non-hydrogen) atoms. The van der Waals surface area contributed by atoms with Gasteiger partial charge in [-0.3, -0.25) is 0 Å². The summed E-state index contributed by atoms with van der Waals surface area (Å²) >= 11 is 0. The lowest BCUT2D eigenvalue weighted by atomic mass is 10.0. The minimum Gasteiger partial charge on any atom is -0.314 e. The highest BCUT2D eigenvalue weighted by Gasteiger charge is 2.25. The molecule has 1 aliphatic rings. The maximum Gasteiger partial charge on any atom is 0.0107 e. The first-order valence-electron chi connectivity index (χ1n) is 6.16. The van der Waals surface area contributed by atoms with Gasteiger partial charge in [-0.05, 0) is 38.1 Å². The molecule has 0 aromatic carbocycles. The number of hydrogen-bond donors (Lipinski definition) is 1. The largest absolute Gasteiger partial charge is 0.314 e. The first-order valence-corrected chi connectivity index (χ1v) is 6.16. The molecule has 1 rings (SSSR count). The molecule has 0 aliphatic heterocycles. The van der Waals surface area contributed by atoms with Gasteiger partial charge in [-0.1, -0.05) is 38.8 Å². The summed E-state index contributed by atoms with van der Waals surface area (Å²) in [6, 6.07) is 0.704. The summed E-state index contributed by atoms with van der Waals surface area (Å²) in [5.74, 6) is 1.02. The summed E-state index contributed by atoms with van der Waals surface area (Å²) in [6.07, 6.45) is 7.85. The van der Waals surface area contributed by atoms with Crippen molar-refractivity contribution in [2.75, 3.05) is 6.54 Å². The summed E-state index contributed by atoms with van der Waals surface area (Å²) in [4.78, 5) is 0. The zero-order valence-electron chi connectivity index (χ0n) is 9.81. The molecule has 1 heteroatoms. The topological polar surface area (TPSA) is 12.0 Å². The zero-order chi connectivity index (χ0) is 10.4. The van der Waals surface area contributed by atoms with Crippen LogP contribution in [0.15, 0.2) is 12.2 Å². The van der Waals surface area contributed by atoms with Gasteiger partial charge in [0.05, 0.1) is 0 Å². The molecule has 1 N–H and O–H groups in total. The lowest BCUT2D eigenvalue weighted by Gasteiger charge is -2.19. The summed E-state index contributed by atoms with van der Waals surface area (Å²) in [5.41, 5.74) is 1.40. The van der Waals surface area contributed by atoms with Gasteiger partial charge in [0.1, 0.15) is 0 Å². The van der Waals surface area contributed by atoms with Gasteiger partial charge in [0.2, 0.25) is 0 Å². The predicted octanol–water partition coefficient (Wildman–Crippen LogP) is 3.51. The fourth-order valence-corrected chi connectivity index (χ4v) is 1.84. The average Bonchev–Trinajstić information content (AvgIpc) is 2.97. The highest BCUT2D eigenvalue weighted by molar-refractivity contribution is 4.97. The van der Waals surface area contributed by atoms with Crippen LogP contribution in [0, 0.1) is 5.92 Å². The highest BCUT2D eigenvalue weighted by atomic mass is 14.9. The fraction of sp³-hybridized carbons (Fsp3) is 0.846. The molecule has 1 fully saturated rings. The lowest BCUT2D eigenvalue weighted by Crippen LogP contribution is -2.30. The molecule has 1 nitrogen and oxygen atoms in total. The molecule has 0 heterocycles. The van der Waals surface area contributed by atoms with Crippen molar-refractivity contribution >= 4 is 0 Å². The standard InChI is InChI=1S/C13H25N/c1-4-8-14-13(9-11(3)5-2)10-12-6-7-12/h12-14H,3-10H2,1-2H3. The highest BCUT2D eigenvalue weighted by Crippen LogP contribution is 2.34. The SMILES string of the molecule is C=C(CC)CC(CC1CC1)NCCC. The Morgan fingerprint density at radius 3 is 2.64 bits per heavy atom. The van der Waals surface area contributed by atoms with Crippen LogP contribution in [0.3, 0.4) is 0 Å². The van der Waals surface area contributed by atoms with Gasteiger partial charge in [0.25, 0.3) is 0 Å². The maximum atomic E-state index is 4.11. The quantitative estimate of drug-likeness (QED) is 0.584. The van der Waals surface area contributed by atoms with Crippen LogP contribution >= 0.6 is 0 Å². The van der Waals surface area contributed by atoms with E-state index < -0.39 is 0 Å². The van der Waals surface area contributed by atoms with Gasteiger partial charge >= 0.3 is 0 Å². The van der Waals surface area contributed by atoms with Crippen LogP contribution in [0.1, 0.15) is 52.4 Å². The Morgan fingerprint density at radius 2 is 2.14 bits per heavy atom. The molecule has 1 saturated carbocycles. The monoisotopic (exact) mass is 195 g/mol. The van der Waals surface area contributed by atoms with E-state index in [1.54, 1.807) is 0 Å². The third-order valence-electron chi connectivity index (χ3n) is 3.03. The maximum absolute atomic E-state index is 4.11. The summed E-state index contributed by atoms with van der Waals surface area (Å²) in [7, 11) is 0. The van der Waals surface area contributed by atoms with Crippen LogP contribution in [-0.2, 0) is 0 Å². The van der Waals surface area contributed by atoms with Gasteiger partial charge in [-0.25, -0.2) is 0 Å². The number of nitrogens with one attached hydrogen (secondary N) is 1. The van der Waals surface area contributed by atoms with Crippen LogP contribution in [0.4, 0.5) is 0 Å². The normalized spacial score (nSPS) is 18.1. The molecule has 0 bridgehead atoms. The van der Waals surface area contributed by atoms with Crippen molar-refractivity contribution in [2.24, 2.45) is 5.92 Å². The smallest absolute Gasteiger partial charge is 0.0107 e. The third kappa shape index (κ3) is 4.80. The predicted molar refractivity (Wildman–Crippen MR) is 63.5 cm³/mol. The molecule has 1 atom stereocenters. The molecule has 82 valence electrons. The minimum absolute atomic E-state index is 0.704. The van der Waals surface area contributed by atoms with Crippen LogP contribution < -0.4 is 5.32 Å². The van der Waals surface area contributed by atoms with Crippen molar-refractivity contribution in [1.82, 2.24) is 5.32 Å². The molecular formula is C13H25N. The molecule has 0 aromatic rings. The summed E-state index contributed by atoms with van der Waals surface area (Å²) in [5, 5.41) is 3.65. The second-order valence-electron chi connectivity index (χ2n) is 4.64. The van der Waals surface area contributed by atoms with E-state index in [1.165, 1.54) is 37.7 Å². The van der Waals surface area contributed by atoms with Crippen LogP contribution in [0.5, 0.6) is 0 Å². The average molecular weight is 195 g/mol. The van der Waals surface area contributed by atoms with Crippen LogP contribution in [0.25, 0.3) is 0 Å². The van der Waals surface area contributed by atoms with Crippen molar-refractivity contribution in [3.63, 3.8) is 0 Å². The Kier molecular flexibility index (Phi) is 5.24. The van der Waals surface area contributed by atoms with E-state index >= 15 is 0 Å². The van der Waals surface area contributed by atoms with Gasteiger partial charge in [0.15, 0.2) is 0 Å². The van der Waals surface area contributed by atoms with Crippen molar-refractivity contribution in [3.05, 3.63) is 12.2 Å². The van der Waals surface area contributed by atoms with Gasteiger partial charge in [0, 0.05) is 6.04 Å². The molecule has 0 spiro atoms. The summed E-state index contributed by atoms with van der Waals surface area (Å²) in [6.45, 7) is 9.71. The Balaban J connectivity index is 2.22. The van der Waals surface area contributed by atoms with E-state index in [0.29, 0.717) is 6.04 Å². The van der Waals surface area contributed by atoms with Crippen LogP contribution in [0.2, 0.25) is 0 Å². The van der Waals surface area contributed by atoms with Crippen molar-refractivity contribution in [1.29, 1.82) is 0 Å². The van der Waals surface area contributed by atoms with Crippen molar-refractivity contribution < 1.29 is 0 Å². The molecular weight excluding hydrogens is 170 g/mol. The Hall–Kier alpha value is -0.300. The second kappa shape index (κ2) is 6.23.